The molecule has 40 heavy (non-hydrogen) atoms. The van der Waals surface area contributed by atoms with E-state index in [2.05, 4.69) is 33.0 Å². The molecule has 2 atom stereocenters. The van der Waals surface area contributed by atoms with Crippen molar-refractivity contribution in [3.05, 3.63) is 29.3 Å². The van der Waals surface area contributed by atoms with Gasteiger partial charge in [0, 0.05) is 12.3 Å². The van der Waals surface area contributed by atoms with Crippen molar-refractivity contribution in [2.45, 2.75) is 131 Å². The number of imide groups is 2. The Morgan fingerprint density at radius 2 is 1.50 bits per heavy atom. The van der Waals surface area contributed by atoms with E-state index in [0.717, 1.165) is 62.7 Å². The molecule has 0 saturated carbocycles. The number of carbonyl (C=O) groups is 5. The zero-order chi connectivity index (χ0) is 30.2. The summed E-state index contributed by atoms with van der Waals surface area (Å²) in [5.74, 6) is -0.747. The number of rotatable bonds is 13. The van der Waals surface area contributed by atoms with E-state index in [1.165, 1.54) is 0 Å². The Labute approximate surface area is 240 Å². The first-order valence-electron chi connectivity index (χ1n) is 15.2. The predicted octanol–water partition coefficient (Wildman–Crippen LogP) is 6.64. The number of ether oxygens (including phenoxy) is 1. The fourth-order valence-corrected chi connectivity index (χ4v) is 4.98. The van der Waals surface area contributed by atoms with Gasteiger partial charge in [0.25, 0.3) is 11.8 Å². The summed E-state index contributed by atoms with van der Waals surface area (Å²) in [6.45, 7) is 14.2. The minimum atomic E-state index is -0.952. The van der Waals surface area contributed by atoms with Crippen LogP contribution in [-0.4, -0.2) is 46.5 Å². The first kappa shape index (κ1) is 35.0. The molecule has 0 spiro atoms. The fraction of sp³-hybridized carbons (Fsp3) is 0.656. The van der Waals surface area contributed by atoms with E-state index in [0.29, 0.717) is 17.5 Å². The minimum absolute atomic E-state index is 0.0708. The molecule has 3 rings (SSSR count). The normalized spacial score (nSPS) is 16.9. The Bertz CT molecular complexity index is 999. The quantitative estimate of drug-likeness (QED) is 0.272. The van der Waals surface area contributed by atoms with E-state index in [1.807, 2.05) is 13.8 Å². The third-order valence-corrected chi connectivity index (χ3v) is 7.05. The smallest absolute Gasteiger partial charge is 0.262 e. The van der Waals surface area contributed by atoms with Crippen LogP contribution in [0.4, 0.5) is 0 Å². The van der Waals surface area contributed by atoms with Gasteiger partial charge < -0.3 is 4.74 Å². The second-order valence-corrected chi connectivity index (χ2v) is 10.2. The molecule has 224 valence electrons. The van der Waals surface area contributed by atoms with Crippen LogP contribution in [0.15, 0.2) is 18.2 Å². The number of benzene rings is 1. The van der Waals surface area contributed by atoms with Crippen molar-refractivity contribution in [2.24, 2.45) is 5.92 Å². The molecule has 0 bridgehead atoms. The monoisotopic (exact) mass is 558 g/mol. The molecule has 0 radical (unpaired) electrons. The van der Waals surface area contributed by atoms with Crippen LogP contribution in [0.2, 0.25) is 0 Å². The van der Waals surface area contributed by atoms with Crippen molar-refractivity contribution in [3.63, 3.8) is 0 Å². The lowest BCUT2D eigenvalue weighted by atomic mass is 9.95. The molecule has 0 aromatic heterocycles. The largest absolute Gasteiger partial charge is 0.490 e. The van der Waals surface area contributed by atoms with Crippen molar-refractivity contribution < 1.29 is 28.7 Å². The molecule has 4 amide bonds. The van der Waals surface area contributed by atoms with E-state index in [1.54, 1.807) is 25.1 Å². The summed E-state index contributed by atoms with van der Waals surface area (Å²) in [4.78, 5) is 60.9. The highest BCUT2D eigenvalue weighted by Crippen LogP contribution is 2.31. The molecule has 1 aromatic carbocycles. The molecule has 0 aliphatic carbocycles. The number of hydrogen-bond acceptors (Lipinski definition) is 6. The van der Waals surface area contributed by atoms with Crippen LogP contribution in [0.5, 0.6) is 5.75 Å². The Morgan fingerprint density at radius 1 is 0.900 bits per heavy atom. The molecule has 1 fully saturated rings. The number of nitrogens with zero attached hydrogens (tertiary/aromatic N) is 1. The van der Waals surface area contributed by atoms with Gasteiger partial charge in [-0.25, -0.2) is 0 Å². The number of nitrogens with one attached hydrogen (secondary N) is 1. The summed E-state index contributed by atoms with van der Waals surface area (Å²) in [6, 6.07) is 3.93. The summed E-state index contributed by atoms with van der Waals surface area (Å²) in [6.07, 6.45) is 9.74. The third kappa shape index (κ3) is 9.86. The zero-order valence-electron chi connectivity index (χ0n) is 25.6. The van der Waals surface area contributed by atoms with Gasteiger partial charge in [0.2, 0.25) is 11.8 Å². The topological polar surface area (TPSA) is 110 Å². The molecule has 1 N–H and O–H groups in total. The van der Waals surface area contributed by atoms with Gasteiger partial charge in [-0.2, -0.15) is 0 Å². The molecular formula is C32H50N2O6. The van der Waals surface area contributed by atoms with Crippen molar-refractivity contribution in [2.75, 3.05) is 0 Å². The van der Waals surface area contributed by atoms with Crippen LogP contribution in [0.1, 0.15) is 140 Å². The van der Waals surface area contributed by atoms with Crippen LogP contribution < -0.4 is 10.1 Å². The first-order valence-corrected chi connectivity index (χ1v) is 15.2. The Balaban J connectivity index is 0.000000565. The molecule has 2 heterocycles. The van der Waals surface area contributed by atoms with E-state index in [9.17, 15) is 24.0 Å². The van der Waals surface area contributed by atoms with Crippen molar-refractivity contribution >= 4 is 29.4 Å². The van der Waals surface area contributed by atoms with Crippen molar-refractivity contribution in [1.82, 2.24) is 10.2 Å². The number of amides is 4. The summed E-state index contributed by atoms with van der Waals surface area (Å²) >= 11 is 0. The Hall–Kier alpha value is -3.03. The Kier molecular flexibility index (Phi) is 16.0. The SMILES string of the molecule is CC.CCCC(CCC)C(C)=O.CCCCC(CCC)Oc1ccc2c(c1)C(=O)N(C1CCC(=O)NC1=O)C2=O. The molecule has 1 aromatic rings. The standard InChI is InChI=1S/C21H26N2O5.C9H18O.C2H6/c1-3-5-7-13(6-4-2)28-14-8-9-15-16(12-14)21(27)23(20(15)26)17-10-11-18(24)22-19(17)25;1-4-6-9(7-5-2)8(3)10;1-2/h8-9,12-13,17H,3-7,10-11H2,1-2H3,(H,22,24,25);9H,4-7H2,1-3H3;1-2H3. The van der Waals surface area contributed by atoms with Crippen LogP contribution in [-0.2, 0) is 14.4 Å². The summed E-state index contributed by atoms with van der Waals surface area (Å²) in [5.41, 5.74) is 0.514. The third-order valence-electron chi connectivity index (χ3n) is 7.05. The van der Waals surface area contributed by atoms with Gasteiger partial charge in [-0.05, 0) is 57.2 Å². The summed E-state index contributed by atoms with van der Waals surface area (Å²) in [7, 11) is 0. The second kappa shape index (κ2) is 18.3. The van der Waals surface area contributed by atoms with Crippen molar-refractivity contribution in [3.8, 4) is 5.75 Å². The van der Waals surface area contributed by atoms with Gasteiger partial charge in [0.1, 0.15) is 17.6 Å². The number of ketones is 1. The fourth-order valence-electron chi connectivity index (χ4n) is 4.98. The number of carbonyl (C=O) groups excluding carboxylic acids is 5. The molecule has 1 saturated heterocycles. The molecule has 2 aliphatic rings. The van der Waals surface area contributed by atoms with Gasteiger partial charge in [0.05, 0.1) is 17.2 Å². The highest BCUT2D eigenvalue weighted by atomic mass is 16.5. The predicted molar refractivity (Wildman–Crippen MR) is 157 cm³/mol. The van der Waals surface area contributed by atoms with E-state index < -0.39 is 23.8 Å². The number of piperidine rings is 1. The molecular weight excluding hydrogens is 508 g/mol. The number of unbranched alkanes of at least 4 members (excludes halogenated alkanes) is 1. The molecule has 2 aliphatic heterocycles. The van der Waals surface area contributed by atoms with Gasteiger partial charge in [-0.3, -0.25) is 34.2 Å². The minimum Gasteiger partial charge on any atom is -0.490 e. The van der Waals surface area contributed by atoms with Gasteiger partial charge in [-0.1, -0.05) is 73.6 Å². The van der Waals surface area contributed by atoms with Crippen LogP contribution in [0, 0.1) is 5.92 Å². The van der Waals surface area contributed by atoms with Gasteiger partial charge in [0.15, 0.2) is 0 Å². The lowest BCUT2D eigenvalue weighted by molar-refractivity contribution is -0.136. The van der Waals surface area contributed by atoms with Crippen molar-refractivity contribution in [1.29, 1.82) is 0 Å². The summed E-state index contributed by atoms with van der Waals surface area (Å²) < 4.78 is 6.08. The lowest BCUT2D eigenvalue weighted by Crippen LogP contribution is -2.54. The highest BCUT2D eigenvalue weighted by Gasteiger charge is 2.44. The highest BCUT2D eigenvalue weighted by molar-refractivity contribution is 6.23. The maximum Gasteiger partial charge on any atom is 0.262 e. The number of fused-ring (bicyclic) bond motifs is 1. The number of Topliss-reactive ketones (excluding diaryl/α,β-unsaturated/α-hetero) is 1. The van der Waals surface area contributed by atoms with Crippen LogP contribution in [0.3, 0.4) is 0 Å². The average Bonchev–Trinajstić information content (AvgIpc) is 3.18. The maximum absolute atomic E-state index is 12.9. The average molecular weight is 559 g/mol. The zero-order valence-corrected chi connectivity index (χ0v) is 25.6. The van der Waals surface area contributed by atoms with E-state index in [-0.39, 0.29) is 36.0 Å². The van der Waals surface area contributed by atoms with Crippen LogP contribution in [0.25, 0.3) is 0 Å². The second-order valence-electron chi connectivity index (χ2n) is 10.2. The van der Waals surface area contributed by atoms with E-state index in [4.69, 9.17) is 4.74 Å². The lowest BCUT2D eigenvalue weighted by Gasteiger charge is -2.27. The van der Waals surface area contributed by atoms with Gasteiger partial charge >= 0.3 is 0 Å². The number of hydrogen-bond donors (Lipinski definition) is 1. The summed E-state index contributed by atoms with van der Waals surface area (Å²) in [5, 5.41) is 2.20. The Morgan fingerprint density at radius 3 is 2.02 bits per heavy atom. The maximum atomic E-state index is 12.9. The first-order chi connectivity index (χ1) is 19.2. The van der Waals surface area contributed by atoms with Crippen LogP contribution >= 0.6 is 0 Å². The molecule has 8 heteroatoms. The molecule has 2 unspecified atom stereocenters. The van der Waals surface area contributed by atoms with Gasteiger partial charge in [-0.15, -0.1) is 0 Å². The molecule has 8 nitrogen and oxygen atoms in total. The van der Waals surface area contributed by atoms with E-state index >= 15 is 0 Å².